The summed E-state index contributed by atoms with van der Waals surface area (Å²) in [6.07, 6.45) is 0. The Morgan fingerprint density at radius 2 is 1.50 bits per heavy atom. The predicted octanol–water partition coefficient (Wildman–Crippen LogP) is 5.03. The lowest BCUT2D eigenvalue weighted by atomic mass is 9.97. The molecule has 2 aromatic rings. The van der Waals surface area contributed by atoms with Crippen molar-refractivity contribution in [1.82, 2.24) is 0 Å². The van der Waals surface area contributed by atoms with E-state index in [9.17, 15) is 0 Å². The summed E-state index contributed by atoms with van der Waals surface area (Å²) in [7, 11) is 2.08. The van der Waals surface area contributed by atoms with Crippen molar-refractivity contribution in [1.29, 1.82) is 0 Å². The number of aryl methyl sites for hydroxylation is 2. The van der Waals surface area contributed by atoms with Gasteiger partial charge in [-0.05, 0) is 68.1 Å². The van der Waals surface area contributed by atoms with Crippen molar-refractivity contribution in [3.05, 3.63) is 51.0 Å². The molecule has 0 aliphatic rings. The maximum Gasteiger partial charge on any atom is 0.0642 e. The van der Waals surface area contributed by atoms with Crippen molar-refractivity contribution in [3.63, 3.8) is 0 Å². The fourth-order valence-corrected chi connectivity index (χ4v) is 3.03. The first kappa shape index (κ1) is 14.9. The Bertz CT molecular complexity index is 636. The van der Waals surface area contributed by atoms with E-state index in [1.165, 1.54) is 27.9 Å². The third kappa shape index (κ3) is 2.55. The van der Waals surface area contributed by atoms with Crippen LogP contribution in [0.5, 0.6) is 0 Å². The van der Waals surface area contributed by atoms with Gasteiger partial charge < -0.3 is 10.6 Å². The highest BCUT2D eigenvalue weighted by molar-refractivity contribution is 9.10. The summed E-state index contributed by atoms with van der Waals surface area (Å²) in [4.78, 5) is 2.19. The smallest absolute Gasteiger partial charge is 0.0642 e. The number of nitrogen functional groups attached to an aromatic ring is 1. The number of rotatable bonds is 2. The van der Waals surface area contributed by atoms with Gasteiger partial charge in [-0.15, -0.1) is 0 Å². The van der Waals surface area contributed by atoms with Gasteiger partial charge >= 0.3 is 0 Å². The molecule has 0 aromatic heterocycles. The van der Waals surface area contributed by atoms with Crippen LogP contribution < -0.4 is 10.6 Å². The van der Waals surface area contributed by atoms with E-state index in [2.05, 4.69) is 67.7 Å². The molecule has 0 spiro atoms. The maximum absolute atomic E-state index is 6.16. The second-order valence-electron chi connectivity index (χ2n) is 5.37. The molecule has 0 saturated carbocycles. The molecule has 0 saturated heterocycles. The second kappa shape index (κ2) is 5.49. The standard InChI is InChI=1S/C17H21BrN2/c1-10-8-11(2)13(4)17(12(10)3)20(5)16-7-6-14(18)9-15(16)19/h6-9H,19H2,1-5H3. The van der Waals surface area contributed by atoms with Crippen LogP contribution in [0.2, 0.25) is 0 Å². The molecule has 3 heteroatoms. The highest BCUT2D eigenvalue weighted by Gasteiger charge is 2.15. The lowest BCUT2D eigenvalue weighted by Crippen LogP contribution is -2.15. The molecule has 2 nitrogen and oxygen atoms in total. The molecule has 0 fully saturated rings. The second-order valence-corrected chi connectivity index (χ2v) is 6.29. The largest absolute Gasteiger partial charge is 0.397 e. The Hall–Kier alpha value is -1.48. The molecule has 0 heterocycles. The normalized spacial score (nSPS) is 10.7. The van der Waals surface area contributed by atoms with Gasteiger partial charge in [0, 0.05) is 17.2 Å². The summed E-state index contributed by atoms with van der Waals surface area (Å²) in [6.45, 7) is 8.65. The van der Waals surface area contributed by atoms with Crippen molar-refractivity contribution in [2.75, 3.05) is 17.7 Å². The monoisotopic (exact) mass is 332 g/mol. The van der Waals surface area contributed by atoms with Gasteiger partial charge in [0.05, 0.1) is 11.4 Å². The topological polar surface area (TPSA) is 29.3 Å². The van der Waals surface area contributed by atoms with Crippen LogP contribution in [0.4, 0.5) is 17.1 Å². The third-order valence-electron chi connectivity index (χ3n) is 4.01. The van der Waals surface area contributed by atoms with E-state index >= 15 is 0 Å². The van der Waals surface area contributed by atoms with E-state index in [0.717, 1.165) is 15.8 Å². The Morgan fingerprint density at radius 1 is 0.950 bits per heavy atom. The number of halogens is 1. The van der Waals surface area contributed by atoms with Crippen molar-refractivity contribution < 1.29 is 0 Å². The van der Waals surface area contributed by atoms with Crippen molar-refractivity contribution in [2.24, 2.45) is 0 Å². The van der Waals surface area contributed by atoms with Gasteiger partial charge in [0.15, 0.2) is 0 Å². The van der Waals surface area contributed by atoms with Crippen LogP contribution in [0.25, 0.3) is 0 Å². The summed E-state index contributed by atoms with van der Waals surface area (Å²) in [5.74, 6) is 0. The van der Waals surface area contributed by atoms with Gasteiger partial charge in [-0.25, -0.2) is 0 Å². The SMILES string of the molecule is Cc1cc(C)c(C)c(N(C)c2ccc(Br)cc2N)c1C. The van der Waals surface area contributed by atoms with Gasteiger partial charge in [-0.1, -0.05) is 22.0 Å². The molecule has 2 aromatic carbocycles. The van der Waals surface area contributed by atoms with Crippen LogP contribution >= 0.6 is 15.9 Å². The van der Waals surface area contributed by atoms with E-state index in [4.69, 9.17) is 5.73 Å². The van der Waals surface area contributed by atoms with E-state index in [0.29, 0.717) is 0 Å². The van der Waals surface area contributed by atoms with E-state index in [1.54, 1.807) is 0 Å². The zero-order valence-electron chi connectivity index (χ0n) is 12.7. The molecule has 20 heavy (non-hydrogen) atoms. The highest BCUT2D eigenvalue weighted by Crippen LogP contribution is 2.37. The summed E-state index contributed by atoms with van der Waals surface area (Å²) in [5, 5.41) is 0. The average Bonchev–Trinajstić information content (AvgIpc) is 2.36. The van der Waals surface area contributed by atoms with Gasteiger partial charge in [-0.3, -0.25) is 0 Å². The Kier molecular flexibility index (Phi) is 4.09. The Morgan fingerprint density at radius 3 is 2.00 bits per heavy atom. The van der Waals surface area contributed by atoms with E-state index in [1.807, 2.05) is 12.1 Å². The van der Waals surface area contributed by atoms with Gasteiger partial charge in [0.25, 0.3) is 0 Å². The minimum absolute atomic E-state index is 0.778. The van der Waals surface area contributed by atoms with Crippen LogP contribution in [-0.2, 0) is 0 Å². The van der Waals surface area contributed by atoms with E-state index < -0.39 is 0 Å². The van der Waals surface area contributed by atoms with Crippen molar-refractivity contribution in [2.45, 2.75) is 27.7 Å². The molecule has 0 aliphatic carbocycles. The van der Waals surface area contributed by atoms with Crippen molar-refractivity contribution in [3.8, 4) is 0 Å². The zero-order valence-corrected chi connectivity index (χ0v) is 14.3. The van der Waals surface area contributed by atoms with Gasteiger partial charge in [0.2, 0.25) is 0 Å². The van der Waals surface area contributed by atoms with Gasteiger partial charge in [0.1, 0.15) is 0 Å². The van der Waals surface area contributed by atoms with E-state index in [-0.39, 0.29) is 0 Å². The minimum atomic E-state index is 0.778. The number of nitrogens with zero attached hydrogens (tertiary/aromatic N) is 1. The summed E-state index contributed by atoms with van der Waals surface area (Å²) in [6, 6.07) is 8.26. The number of hydrogen-bond acceptors (Lipinski definition) is 2. The molecule has 0 bridgehead atoms. The first-order chi connectivity index (χ1) is 9.32. The molecule has 0 atom stereocenters. The first-order valence-corrected chi connectivity index (χ1v) is 7.48. The molecule has 0 amide bonds. The molecular formula is C17H21BrN2. The van der Waals surface area contributed by atoms with Crippen LogP contribution in [0.1, 0.15) is 22.3 Å². The van der Waals surface area contributed by atoms with Gasteiger partial charge in [-0.2, -0.15) is 0 Å². The van der Waals surface area contributed by atoms with Crippen LogP contribution in [0.15, 0.2) is 28.7 Å². The van der Waals surface area contributed by atoms with Crippen LogP contribution in [-0.4, -0.2) is 7.05 Å². The lowest BCUT2D eigenvalue weighted by molar-refractivity contribution is 1.13. The number of anilines is 3. The number of hydrogen-bond donors (Lipinski definition) is 1. The quantitative estimate of drug-likeness (QED) is 0.781. The first-order valence-electron chi connectivity index (χ1n) is 6.69. The lowest BCUT2D eigenvalue weighted by Gasteiger charge is -2.27. The van der Waals surface area contributed by atoms with Crippen LogP contribution in [0.3, 0.4) is 0 Å². The molecule has 2 rings (SSSR count). The summed E-state index contributed by atoms with van der Waals surface area (Å²) in [5.41, 5.74) is 14.4. The van der Waals surface area contributed by atoms with Crippen molar-refractivity contribution >= 4 is 33.0 Å². The predicted molar refractivity (Wildman–Crippen MR) is 92.0 cm³/mol. The molecule has 2 N–H and O–H groups in total. The molecule has 0 aliphatic heterocycles. The summed E-state index contributed by atoms with van der Waals surface area (Å²) < 4.78 is 1.00. The number of nitrogens with two attached hydrogens (primary N) is 1. The molecule has 0 unspecified atom stereocenters. The molecule has 0 radical (unpaired) electrons. The Balaban J connectivity index is 2.62. The average molecular weight is 333 g/mol. The molecular weight excluding hydrogens is 312 g/mol. The van der Waals surface area contributed by atoms with Crippen LogP contribution in [0, 0.1) is 27.7 Å². The fraction of sp³-hybridized carbons (Fsp3) is 0.294. The molecule has 106 valence electrons. The fourth-order valence-electron chi connectivity index (χ4n) is 2.65. The third-order valence-corrected chi connectivity index (χ3v) is 4.51. The zero-order chi connectivity index (χ0) is 15.0. The maximum atomic E-state index is 6.16. The Labute approximate surface area is 129 Å². The highest BCUT2D eigenvalue weighted by atomic mass is 79.9. The minimum Gasteiger partial charge on any atom is -0.397 e. The summed E-state index contributed by atoms with van der Waals surface area (Å²) >= 11 is 3.46. The number of benzene rings is 2.